The fourth-order valence-electron chi connectivity index (χ4n) is 2.36. The molecule has 3 aromatic rings. The highest BCUT2D eigenvalue weighted by atomic mass is 16.3. The summed E-state index contributed by atoms with van der Waals surface area (Å²) in [5, 5.41) is 20.5. The lowest BCUT2D eigenvalue weighted by Crippen LogP contribution is -2.12. The molecule has 1 amide bonds. The van der Waals surface area contributed by atoms with Gasteiger partial charge in [0.1, 0.15) is 5.69 Å². The first-order valence-electron chi connectivity index (χ1n) is 7.10. The molecule has 2 N–H and O–H groups in total. The highest BCUT2D eigenvalue weighted by Gasteiger charge is 2.18. The number of aliphatic hydroxyl groups excluding tert-OH is 1. The summed E-state index contributed by atoms with van der Waals surface area (Å²) >= 11 is 0. The van der Waals surface area contributed by atoms with Gasteiger partial charge in [0.25, 0.3) is 5.91 Å². The van der Waals surface area contributed by atoms with Crippen molar-refractivity contribution in [1.82, 2.24) is 19.6 Å². The van der Waals surface area contributed by atoms with Crippen LogP contribution in [0.1, 0.15) is 15.9 Å². The van der Waals surface area contributed by atoms with Gasteiger partial charge in [-0.15, -0.1) is 0 Å². The van der Waals surface area contributed by atoms with Gasteiger partial charge in [0.2, 0.25) is 0 Å². The number of carbonyl (C=O) groups excluding carboxylic acids is 1. The van der Waals surface area contributed by atoms with Gasteiger partial charge in [-0.3, -0.25) is 14.2 Å². The standard InChI is InChI=1S/C16H17N5O2/c1-20-8-12(7-17-20)15-14(9-21(2)19-15)16(23)18-13-5-3-4-11(6-13)10-22/h3-9,22H,10H2,1-2H3,(H,18,23). The van der Waals surface area contributed by atoms with Gasteiger partial charge >= 0.3 is 0 Å². The fraction of sp³-hybridized carbons (Fsp3) is 0.188. The van der Waals surface area contributed by atoms with Crippen molar-refractivity contribution in [2.45, 2.75) is 6.61 Å². The summed E-state index contributed by atoms with van der Waals surface area (Å²) in [6, 6.07) is 7.09. The van der Waals surface area contributed by atoms with Gasteiger partial charge in [-0.1, -0.05) is 12.1 Å². The highest BCUT2D eigenvalue weighted by Crippen LogP contribution is 2.22. The first kappa shape index (κ1) is 15.0. The summed E-state index contributed by atoms with van der Waals surface area (Å²) in [7, 11) is 3.58. The molecular weight excluding hydrogens is 294 g/mol. The summed E-state index contributed by atoms with van der Waals surface area (Å²) in [6.45, 7) is -0.0719. The zero-order valence-electron chi connectivity index (χ0n) is 12.9. The molecule has 0 fully saturated rings. The number of nitrogens with zero attached hydrogens (tertiary/aromatic N) is 4. The maximum absolute atomic E-state index is 12.6. The summed E-state index contributed by atoms with van der Waals surface area (Å²) in [5.74, 6) is -0.257. The third kappa shape index (κ3) is 3.14. The molecule has 2 aromatic heterocycles. The van der Waals surface area contributed by atoms with E-state index in [2.05, 4.69) is 15.5 Å². The zero-order chi connectivity index (χ0) is 16.4. The van der Waals surface area contributed by atoms with Gasteiger partial charge in [-0.05, 0) is 17.7 Å². The van der Waals surface area contributed by atoms with Crippen molar-refractivity contribution in [2.24, 2.45) is 14.1 Å². The second-order valence-corrected chi connectivity index (χ2v) is 5.28. The predicted molar refractivity (Wildman–Crippen MR) is 85.7 cm³/mol. The minimum Gasteiger partial charge on any atom is -0.392 e. The normalized spacial score (nSPS) is 10.7. The molecule has 0 atom stereocenters. The summed E-state index contributed by atoms with van der Waals surface area (Å²) in [5.41, 5.74) is 3.19. The van der Waals surface area contributed by atoms with E-state index < -0.39 is 0 Å². The fourth-order valence-corrected chi connectivity index (χ4v) is 2.36. The summed E-state index contributed by atoms with van der Waals surface area (Å²) < 4.78 is 3.26. The smallest absolute Gasteiger partial charge is 0.259 e. The number of benzene rings is 1. The molecule has 23 heavy (non-hydrogen) atoms. The van der Waals surface area contributed by atoms with Crippen molar-refractivity contribution in [1.29, 1.82) is 0 Å². The topological polar surface area (TPSA) is 85.0 Å². The first-order chi connectivity index (χ1) is 11.1. The van der Waals surface area contributed by atoms with Crippen LogP contribution in [-0.2, 0) is 20.7 Å². The van der Waals surface area contributed by atoms with Crippen LogP contribution in [0.2, 0.25) is 0 Å². The van der Waals surface area contributed by atoms with Crippen LogP contribution in [0, 0.1) is 0 Å². The van der Waals surface area contributed by atoms with E-state index in [0.717, 1.165) is 11.1 Å². The molecule has 0 aliphatic carbocycles. The number of rotatable bonds is 4. The molecule has 0 bridgehead atoms. The van der Waals surface area contributed by atoms with Crippen molar-refractivity contribution < 1.29 is 9.90 Å². The largest absolute Gasteiger partial charge is 0.392 e. The van der Waals surface area contributed by atoms with E-state index in [1.165, 1.54) is 0 Å². The van der Waals surface area contributed by atoms with Gasteiger partial charge in [0.05, 0.1) is 18.4 Å². The molecule has 0 aliphatic heterocycles. The SMILES string of the molecule is Cn1cc(-c2nn(C)cc2C(=O)Nc2cccc(CO)c2)cn1. The first-order valence-corrected chi connectivity index (χ1v) is 7.10. The van der Waals surface area contributed by atoms with Crippen molar-refractivity contribution in [3.8, 4) is 11.3 Å². The van der Waals surface area contributed by atoms with Crippen LogP contribution in [0.5, 0.6) is 0 Å². The number of aliphatic hydroxyl groups is 1. The van der Waals surface area contributed by atoms with Gasteiger partial charge < -0.3 is 10.4 Å². The molecule has 118 valence electrons. The zero-order valence-corrected chi connectivity index (χ0v) is 12.9. The number of hydrogen-bond acceptors (Lipinski definition) is 4. The Morgan fingerprint density at radius 1 is 1.26 bits per heavy atom. The molecule has 0 saturated carbocycles. The number of hydrogen-bond donors (Lipinski definition) is 2. The number of carbonyl (C=O) groups is 1. The van der Waals surface area contributed by atoms with Gasteiger partial charge in [-0.2, -0.15) is 10.2 Å². The highest BCUT2D eigenvalue weighted by molar-refractivity contribution is 6.08. The van der Waals surface area contributed by atoms with E-state index >= 15 is 0 Å². The van der Waals surface area contributed by atoms with E-state index in [0.29, 0.717) is 16.9 Å². The maximum Gasteiger partial charge on any atom is 0.259 e. The average Bonchev–Trinajstić information content (AvgIpc) is 3.13. The van der Waals surface area contributed by atoms with Gasteiger partial charge in [0.15, 0.2) is 0 Å². The van der Waals surface area contributed by atoms with Crippen molar-refractivity contribution in [2.75, 3.05) is 5.32 Å². The monoisotopic (exact) mass is 311 g/mol. The molecule has 0 aliphatic rings. The predicted octanol–water partition coefficient (Wildman–Crippen LogP) is 1.57. The minimum atomic E-state index is -0.257. The number of amides is 1. The molecule has 2 heterocycles. The van der Waals surface area contributed by atoms with Gasteiger partial charge in [-0.25, -0.2) is 0 Å². The minimum absolute atomic E-state index is 0.0719. The Hall–Kier alpha value is -2.93. The number of aryl methyl sites for hydroxylation is 2. The van der Waals surface area contributed by atoms with E-state index in [-0.39, 0.29) is 12.5 Å². The summed E-state index contributed by atoms with van der Waals surface area (Å²) in [4.78, 5) is 12.6. The van der Waals surface area contributed by atoms with Crippen molar-refractivity contribution in [3.63, 3.8) is 0 Å². The molecule has 1 aromatic carbocycles. The Morgan fingerprint density at radius 3 is 2.78 bits per heavy atom. The molecule has 0 saturated heterocycles. The van der Waals surface area contributed by atoms with Crippen LogP contribution < -0.4 is 5.32 Å². The van der Waals surface area contributed by atoms with Crippen LogP contribution in [-0.4, -0.2) is 30.6 Å². The number of nitrogens with one attached hydrogen (secondary N) is 1. The number of aromatic nitrogens is 4. The van der Waals surface area contributed by atoms with Crippen molar-refractivity contribution >= 4 is 11.6 Å². The Morgan fingerprint density at radius 2 is 2.09 bits per heavy atom. The Balaban J connectivity index is 1.90. The molecule has 0 spiro atoms. The molecule has 0 radical (unpaired) electrons. The van der Waals surface area contributed by atoms with Gasteiger partial charge in [0, 0.05) is 37.7 Å². The second-order valence-electron chi connectivity index (χ2n) is 5.28. The summed E-state index contributed by atoms with van der Waals surface area (Å²) in [6.07, 6.45) is 5.16. The van der Waals surface area contributed by atoms with Crippen LogP contribution in [0.4, 0.5) is 5.69 Å². The Labute approximate surface area is 133 Å². The number of anilines is 1. The molecule has 3 rings (SSSR count). The lowest BCUT2D eigenvalue weighted by Gasteiger charge is -2.06. The molecule has 7 nitrogen and oxygen atoms in total. The maximum atomic E-state index is 12.6. The third-order valence-corrected chi connectivity index (χ3v) is 3.42. The quantitative estimate of drug-likeness (QED) is 0.766. The van der Waals surface area contributed by atoms with Crippen LogP contribution >= 0.6 is 0 Å². The van der Waals surface area contributed by atoms with E-state index in [4.69, 9.17) is 0 Å². The molecule has 7 heteroatoms. The van der Waals surface area contributed by atoms with E-state index in [1.54, 1.807) is 53.1 Å². The lowest BCUT2D eigenvalue weighted by molar-refractivity contribution is 0.102. The average molecular weight is 311 g/mol. The van der Waals surface area contributed by atoms with Crippen LogP contribution in [0.15, 0.2) is 42.9 Å². The van der Waals surface area contributed by atoms with E-state index in [9.17, 15) is 9.90 Å². The molecule has 0 unspecified atom stereocenters. The van der Waals surface area contributed by atoms with Crippen LogP contribution in [0.25, 0.3) is 11.3 Å². The van der Waals surface area contributed by atoms with Crippen molar-refractivity contribution in [3.05, 3.63) is 54.0 Å². The van der Waals surface area contributed by atoms with Crippen LogP contribution in [0.3, 0.4) is 0 Å². The Bertz CT molecular complexity index is 850. The second kappa shape index (κ2) is 6.05. The van der Waals surface area contributed by atoms with E-state index in [1.807, 2.05) is 13.2 Å². The molecular formula is C16H17N5O2. The lowest BCUT2D eigenvalue weighted by atomic mass is 10.1. The third-order valence-electron chi connectivity index (χ3n) is 3.42. The Kier molecular flexibility index (Phi) is 3.94.